The van der Waals surface area contributed by atoms with Crippen molar-refractivity contribution in [2.75, 3.05) is 10.6 Å². The predicted octanol–water partition coefficient (Wildman–Crippen LogP) is 4.83. The van der Waals surface area contributed by atoms with E-state index >= 15 is 0 Å². The summed E-state index contributed by atoms with van der Waals surface area (Å²) in [4.78, 5) is 16.8. The van der Waals surface area contributed by atoms with Crippen molar-refractivity contribution < 1.29 is 9.21 Å². The number of furan rings is 1. The highest BCUT2D eigenvalue weighted by atomic mass is 35.5. The van der Waals surface area contributed by atoms with Crippen LogP contribution in [0.25, 0.3) is 5.70 Å². The molecule has 2 aromatic carbocycles. The molecule has 0 fully saturated rings. The van der Waals surface area contributed by atoms with Crippen molar-refractivity contribution in [2.24, 2.45) is 0 Å². The highest BCUT2D eigenvalue weighted by Crippen LogP contribution is 2.33. The van der Waals surface area contributed by atoms with Crippen LogP contribution >= 0.6 is 11.6 Å². The Morgan fingerprint density at radius 1 is 1.07 bits per heavy atom. The number of hydrogen-bond donors (Lipinski definition) is 2. The standard InChI is InChI=1S/C22H16ClN5O2/c23-16-10-8-14(9-11-16)17-13-18(15-5-2-1-3-6-15)28-22(24-17)26-21(27-28)25-20(29)19-7-4-12-30-19/h1-13,18H,(H2,24,25,26,27,29)/t18-/m0/s1. The Morgan fingerprint density at radius 2 is 1.87 bits per heavy atom. The van der Waals surface area contributed by atoms with Gasteiger partial charge in [0.05, 0.1) is 6.26 Å². The van der Waals surface area contributed by atoms with Gasteiger partial charge in [-0.25, -0.2) is 4.68 Å². The van der Waals surface area contributed by atoms with Crippen LogP contribution in [-0.2, 0) is 0 Å². The molecule has 0 bridgehead atoms. The molecule has 30 heavy (non-hydrogen) atoms. The minimum atomic E-state index is -0.412. The van der Waals surface area contributed by atoms with Crippen LogP contribution in [-0.4, -0.2) is 20.7 Å². The molecule has 3 heterocycles. The quantitative estimate of drug-likeness (QED) is 0.496. The van der Waals surface area contributed by atoms with Gasteiger partial charge in [0.25, 0.3) is 11.9 Å². The SMILES string of the molecule is O=C(Nc1nc2n(n1)[C@H](c1ccccc1)C=C(c1ccc(Cl)cc1)N2)c1ccco1. The largest absolute Gasteiger partial charge is 0.459 e. The summed E-state index contributed by atoms with van der Waals surface area (Å²) in [5.74, 6) is 0.483. The number of anilines is 2. The molecular weight excluding hydrogens is 402 g/mol. The number of benzene rings is 2. The normalized spacial score (nSPS) is 15.1. The Labute approximate surface area is 177 Å². The average molecular weight is 418 g/mol. The summed E-state index contributed by atoms with van der Waals surface area (Å²) >= 11 is 6.04. The third-order valence-corrected chi connectivity index (χ3v) is 4.98. The zero-order valence-electron chi connectivity index (χ0n) is 15.6. The summed E-state index contributed by atoms with van der Waals surface area (Å²) in [6.45, 7) is 0. The van der Waals surface area contributed by atoms with Gasteiger partial charge in [-0.1, -0.05) is 54.1 Å². The highest BCUT2D eigenvalue weighted by Gasteiger charge is 2.26. The van der Waals surface area contributed by atoms with Crippen LogP contribution in [0.5, 0.6) is 0 Å². The fourth-order valence-corrected chi connectivity index (χ4v) is 3.43. The van der Waals surface area contributed by atoms with E-state index in [1.165, 1.54) is 6.26 Å². The Hall–Kier alpha value is -3.84. The predicted molar refractivity (Wildman–Crippen MR) is 114 cm³/mol. The lowest BCUT2D eigenvalue weighted by atomic mass is 10.0. The molecule has 7 nitrogen and oxygen atoms in total. The van der Waals surface area contributed by atoms with Crippen LogP contribution in [0.4, 0.5) is 11.9 Å². The number of hydrogen-bond acceptors (Lipinski definition) is 5. The number of carbonyl (C=O) groups is 1. The van der Waals surface area contributed by atoms with E-state index in [-0.39, 0.29) is 17.8 Å². The molecule has 0 unspecified atom stereocenters. The Kier molecular flexibility index (Phi) is 4.57. The van der Waals surface area contributed by atoms with Gasteiger partial charge in [0.1, 0.15) is 6.04 Å². The molecule has 0 saturated heterocycles. The number of rotatable bonds is 4. The molecule has 1 amide bonds. The number of nitrogens with one attached hydrogen (secondary N) is 2. The van der Waals surface area contributed by atoms with Crippen molar-refractivity contribution >= 4 is 35.1 Å². The Morgan fingerprint density at radius 3 is 2.60 bits per heavy atom. The first kappa shape index (κ1) is 18.2. The van der Waals surface area contributed by atoms with Gasteiger partial charge in [0.2, 0.25) is 5.95 Å². The first-order valence-electron chi connectivity index (χ1n) is 9.28. The smallest absolute Gasteiger partial charge is 0.293 e. The van der Waals surface area contributed by atoms with Crippen molar-refractivity contribution in [2.45, 2.75) is 6.04 Å². The Balaban J connectivity index is 1.52. The van der Waals surface area contributed by atoms with E-state index in [0.29, 0.717) is 11.0 Å². The van der Waals surface area contributed by atoms with Crippen molar-refractivity contribution in [3.63, 3.8) is 0 Å². The van der Waals surface area contributed by atoms with Crippen molar-refractivity contribution in [3.8, 4) is 0 Å². The van der Waals surface area contributed by atoms with E-state index < -0.39 is 5.91 Å². The third-order valence-electron chi connectivity index (χ3n) is 4.73. The average Bonchev–Trinajstić information content (AvgIpc) is 3.44. The highest BCUT2D eigenvalue weighted by molar-refractivity contribution is 6.30. The summed E-state index contributed by atoms with van der Waals surface area (Å²) in [6, 6.07) is 20.6. The van der Waals surface area contributed by atoms with Gasteiger partial charge in [-0.15, -0.1) is 5.10 Å². The topological polar surface area (TPSA) is 85.0 Å². The first-order chi connectivity index (χ1) is 14.7. The van der Waals surface area contributed by atoms with Gasteiger partial charge in [-0.05, 0) is 41.5 Å². The molecule has 1 aliphatic rings. The van der Waals surface area contributed by atoms with E-state index in [0.717, 1.165) is 16.8 Å². The summed E-state index contributed by atoms with van der Waals surface area (Å²) in [5, 5.41) is 11.1. The van der Waals surface area contributed by atoms with E-state index in [2.05, 4.69) is 26.8 Å². The number of halogens is 1. The molecular formula is C22H16ClN5O2. The maximum absolute atomic E-state index is 12.3. The second-order valence-corrected chi connectivity index (χ2v) is 7.14. The van der Waals surface area contributed by atoms with Gasteiger partial charge in [-0.3, -0.25) is 10.1 Å². The molecule has 2 N–H and O–H groups in total. The summed E-state index contributed by atoms with van der Waals surface area (Å²) in [5.41, 5.74) is 2.89. The van der Waals surface area contributed by atoms with E-state index in [9.17, 15) is 4.79 Å². The maximum atomic E-state index is 12.3. The molecule has 2 aromatic heterocycles. The number of nitrogens with zero attached hydrogens (tertiary/aromatic N) is 3. The van der Waals surface area contributed by atoms with Gasteiger partial charge in [0.15, 0.2) is 5.76 Å². The molecule has 5 rings (SSSR count). The third kappa shape index (κ3) is 3.46. The van der Waals surface area contributed by atoms with Gasteiger partial charge in [-0.2, -0.15) is 4.98 Å². The fourth-order valence-electron chi connectivity index (χ4n) is 3.30. The number of fused-ring (bicyclic) bond motifs is 1. The number of aromatic nitrogens is 3. The van der Waals surface area contributed by atoms with Crippen LogP contribution in [0.2, 0.25) is 5.02 Å². The molecule has 1 aliphatic heterocycles. The van der Waals surface area contributed by atoms with Crippen molar-refractivity contribution in [3.05, 3.63) is 101 Å². The zero-order chi connectivity index (χ0) is 20.5. The molecule has 8 heteroatoms. The molecule has 0 spiro atoms. The summed E-state index contributed by atoms with van der Waals surface area (Å²) in [6.07, 6.45) is 3.51. The van der Waals surface area contributed by atoms with Crippen molar-refractivity contribution in [1.29, 1.82) is 0 Å². The molecule has 0 radical (unpaired) electrons. The minimum Gasteiger partial charge on any atom is -0.459 e. The lowest BCUT2D eigenvalue weighted by Gasteiger charge is -2.24. The monoisotopic (exact) mass is 417 g/mol. The summed E-state index contributed by atoms with van der Waals surface area (Å²) < 4.78 is 6.88. The number of carbonyl (C=O) groups excluding carboxylic acids is 1. The molecule has 4 aromatic rings. The second-order valence-electron chi connectivity index (χ2n) is 6.70. The Bertz CT molecular complexity index is 1210. The molecule has 0 saturated carbocycles. The summed E-state index contributed by atoms with van der Waals surface area (Å²) in [7, 11) is 0. The maximum Gasteiger partial charge on any atom is 0.293 e. The lowest BCUT2D eigenvalue weighted by molar-refractivity contribution is 0.0996. The van der Waals surface area contributed by atoms with Gasteiger partial charge >= 0.3 is 0 Å². The zero-order valence-corrected chi connectivity index (χ0v) is 16.4. The van der Waals surface area contributed by atoms with Crippen LogP contribution < -0.4 is 10.6 Å². The van der Waals surface area contributed by atoms with Crippen LogP contribution in [0, 0.1) is 0 Å². The molecule has 148 valence electrons. The fraction of sp³-hybridized carbons (Fsp3) is 0.0455. The second kappa shape index (κ2) is 7.53. The number of amides is 1. The van der Waals surface area contributed by atoms with E-state index in [1.807, 2.05) is 54.6 Å². The molecule has 0 aliphatic carbocycles. The lowest BCUT2D eigenvalue weighted by Crippen LogP contribution is -2.20. The minimum absolute atomic E-state index is 0.186. The van der Waals surface area contributed by atoms with Crippen LogP contribution in [0.3, 0.4) is 0 Å². The van der Waals surface area contributed by atoms with E-state index in [1.54, 1.807) is 16.8 Å². The van der Waals surface area contributed by atoms with Crippen LogP contribution in [0.1, 0.15) is 27.7 Å². The number of allylic oxidation sites excluding steroid dienone is 1. The van der Waals surface area contributed by atoms with Crippen LogP contribution in [0.15, 0.2) is 83.5 Å². The van der Waals surface area contributed by atoms with Gasteiger partial charge in [0, 0.05) is 10.7 Å². The molecule has 1 atom stereocenters. The van der Waals surface area contributed by atoms with Gasteiger partial charge < -0.3 is 9.73 Å². The van der Waals surface area contributed by atoms with Crippen molar-refractivity contribution in [1.82, 2.24) is 14.8 Å². The first-order valence-corrected chi connectivity index (χ1v) is 9.66. The van der Waals surface area contributed by atoms with E-state index in [4.69, 9.17) is 16.0 Å².